The predicted octanol–water partition coefficient (Wildman–Crippen LogP) is 1.09. The van der Waals surface area contributed by atoms with Crippen LogP contribution in [0.2, 0.25) is 0 Å². The molecule has 0 aliphatic carbocycles. The highest BCUT2D eigenvalue weighted by Gasteiger charge is 2.41. The Bertz CT molecular complexity index is 1050. The van der Waals surface area contributed by atoms with Crippen LogP contribution in [0.15, 0.2) is 18.2 Å². The number of rotatable bonds is 5. The van der Waals surface area contributed by atoms with Gasteiger partial charge in [0.1, 0.15) is 10.6 Å². The van der Waals surface area contributed by atoms with E-state index in [2.05, 4.69) is 15.1 Å². The number of aromatic nitrogens is 2. The van der Waals surface area contributed by atoms with Gasteiger partial charge in [0.05, 0.1) is 10.5 Å². The quantitative estimate of drug-likeness (QED) is 0.391. The first-order valence-corrected chi connectivity index (χ1v) is 10.1. The second kappa shape index (κ2) is 7.78. The second-order valence-electron chi connectivity index (χ2n) is 6.94. The van der Waals surface area contributed by atoms with E-state index < -0.39 is 22.4 Å². The summed E-state index contributed by atoms with van der Waals surface area (Å²) in [5, 5.41) is 21.0. The Balaban J connectivity index is 1.36. The molecule has 0 spiro atoms. The van der Waals surface area contributed by atoms with Crippen LogP contribution in [0.5, 0.6) is 0 Å². The van der Waals surface area contributed by atoms with Crippen molar-refractivity contribution in [3.8, 4) is 0 Å². The van der Waals surface area contributed by atoms with Crippen molar-refractivity contribution >= 4 is 39.9 Å². The number of amides is 3. The zero-order valence-corrected chi connectivity index (χ0v) is 16.9. The van der Waals surface area contributed by atoms with Crippen molar-refractivity contribution in [1.29, 1.82) is 0 Å². The normalized spacial score (nSPS) is 16.2. The summed E-state index contributed by atoms with van der Waals surface area (Å²) in [5.41, 5.74) is -0.605. The van der Waals surface area contributed by atoms with Crippen LogP contribution in [-0.2, 0) is 4.79 Å². The fraction of sp³-hybridized carbons (Fsp3) is 0.389. The molecule has 0 bridgehead atoms. The minimum atomic E-state index is -0.730. The van der Waals surface area contributed by atoms with Gasteiger partial charge in [0.2, 0.25) is 11.0 Å². The number of nitrogens with zero attached hydrogens (tertiary/aromatic N) is 6. The summed E-state index contributed by atoms with van der Waals surface area (Å²) in [4.78, 5) is 52.8. The molecule has 0 N–H and O–H groups in total. The SMILES string of the molecule is Cc1nnc(N2CCN(C(=O)CCN3C(=O)c4cccc([N+](=O)[O-])c4C3=O)CC2)s1. The third-order valence-corrected chi connectivity index (χ3v) is 6.04. The van der Waals surface area contributed by atoms with Gasteiger partial charge in [-0.1, -0.05) is 17.4 Å². The topological polar surface area (TPSA) is 130 Å². The molecule has 11 nitrogen and oxygen atoms in total. The molecule has 1 fully saturated rings. The van der Waals surface area contributed by atoms with E-state index >= 15 is 0 Å². The van der Waals surface area contributed by atoms with E-state index in [1.54, 1.807) is 4.90 Å². The first-order valence-electron chi connectivity index (χ1n) is 9.33. The highest BCUT2D eigenvalue weighted by molar-refractivity contribution is 7.15. The van der Waals surface area contributed by atoms with E-state index in [-0.39, 0.29) is 30.0 Å². The maximum absolute atomic E-state index is 12.6. The zero-order chi connectivity index (χ0) is 21.4. The van der Waals surface area contributed by atoms with E-state index in [1.165, 1.54) is 29.5 Å². The van der Waals surface area contributed by atoms with Crippen molar-refractivity contribution in [3.05, 3.63) is 44.4 Å². The van der Waals surface area contributed by atoms with Gasteiger partial charge in [-0.2, -0.15) is 0 Å². The van der Waals surface area contributed by atoms with Crippen molar-refractivity contribution in [2.75, 3.05) is 37.6 Å². The monoisotopic (exact) mass is 430 g/mol. The predicted molar refractivity (Wildman–Crippen MR) is 107 cm³/mol. The molecule has 1 saturated heterocycles. The number of fused-ring (bicyclic) bond motifs is 1. The van der Waals surface area contributed by atoms with Gasteiger partial charge in [-0.25, -0.2) is 0 Å². The number of hydrogen-bond acceptors (Lipinski definition) is 9. The first-order chi connectivity index (χ1) is 14.4. The number of aryl methyl sites for hydroxylation is 1. The number of benzene rings is 1. The number of hydrogen-bond donors (Lipinski definition) is 0. The lowest BCUT2D eigenvalue weighted by molar-refractivity contribution is -0.385. The van der Waals surface area contributed by atoms with E-state index in [0.717, 1.165) is 15.0 Å². The maximum atomic E-state index is 12.6. The fourth-order valence-corrected chi connectivity index (χ4v) is 4.34. The van der Waals surface area contributed by atoms with Crippen LogP contribution in [0.3, 0.4) is 0 Å². The van der Waals surface area contributed by atoms with E-state index in [0.29, 0.717) is 26.2 Å². The second-order valence-corrected chi connectivity index (χ2v) is 8.10. The molecule has 30 heavy (non-hydrogen) atoms. The zero-order valence-electron chi connectivity index (χ0n) is 16.1. The molecule has 12 heteroatoms. The Morgan fingerprint density at radius 3 is 2.53 bits per heavy atom. The maximum Gasteiger partial charge on any atom is 0.282 e. The number of imide groups is 1. The van der Waals surface area contributed by atoms with Crippen LogP contribution in [0.25, 0.3) is 0 Å². The molecule has 1 aromatic heterocycles. The van der Waals surface area contributed by atoms with Crippen molar-refractivity contribution in [2.24, 2.45) is 0 Å². The highest BCUT2D eigenvalue weighted by Crippen LogP contribution is 2.30. The van der Waals surface area contributed by atoms with Gasteiger partial charge in [0, 0.05) is 45.2 Å². The average Bonchev–Trinajstić information content (AvgIpc) is 3.28. The molecule has 2 aliphatic heterocycles. The number of carbonyl (C=O) groups is 3. The molecule has 0 atom stereocenters. The van der Waals surface area contributed by atoms with Crippen LogP contribution in [0.4, 0.5) is 10.8 Å². The summed E-state index contributed by atoms with van der Waals surface area (Å²) in [6.07, 6.45) is -0.0306. The molecule has 1 aromatic carbocycles. The third kappa shape index (κ3) is 3.49. The Kier molecular flexibility index (Phi) is 5.16. The minimum Gasteiger partial charge on any atom is -0.343 e. The number of piperazine rings is 1. The third-order valence-electron chi connectivity index (χ3n) is 5.14. The molecule has 0 radical (unpaired) electrons. The van der Waals surface area contributed by atoms with E-state index in [9.17, 15) is 24.5 Å². The van der Waals surface area contributed by atoms with Gasteiger partial charge >= 0.3 is 0 Å². The van der Waals surface area contributed by atoms with Crippen LogP contribution in [-0.4, -0.2) is 75.4 Å². The number of nitro groups is 1. The Morgan fingerprint density at radius 1 is 1.17 bits per heavy atom. The fourth-order valence-electron chi connectivity index (χ4n) is 3.60. The van der Waals surface area contributed by atoms with Gasteiger partial charge in [0.15, 0.2) is 0 Å². The molecule has 3 heterocycles. The summed E-state index contributed by atoms with van der Waals surface area (Å²) in [6, 6.07) is 3.95. The molecule has 2 aromatic rings. The summed E-state index contributed by atoms with van der Waals surface area (Å²) >= 11 is 1.50. The molecule has 0 unspecified atom stereocenters. The summed E-state index contributed by atoms with van der Waals surface area (Å²) in [7, 11) is 0. The lowest BCUT2D eigenvalue weighted by Crippen LogP contribution is -2.49. The van der Waals surface area contributed by atoms with Gasteiger partial charge in [0.25, 0.3) is 17.5 Å². The average molecular weight is 430 g/mol. The lowest BCUT2D eigenvalue weighted by Gasteiger charge is -2.34. The summed E-state index contributed by atoms with van der Waals surface area (Å²) < 4.78 is 0. The summed E-state index contributed by atoms with van der Waals surface area (Å²) in [5.74, 6) is -1.51. The number of carbonyl (C=O) groups excluding carboxylic acids is 3. The van der Waals surface area contributed by atoms with Crippen LogP contribution in [0, 0.1) is 17.0 Å². The van der Waals surface area contributed by atoms with Crippen LogP contribution < -0.4 is 4.90 Å². The Morgan fingerprint density at radius 2 is 1.90 bits per heavy atom. The van der Waals surface area contributed by atoms with Gasteiger partial charge < -0.3 is 9.80 Å². The molecule has 156 valence electrons. The molecule has 2 aliphatic rings. The van der Waals surface area contributed by atoms with E-state index in [4.69, 9.17) is 0 Å². The molecule has 3 amide bonds. The standard InChI is InChI=1S/C18H18N6O5S/c1-11-19-20-18(30-11)22-9-7-21(8-10-22)14(25)5-6-23-16(26)12-3-2-4-13(24(28)29)15(12)17(23)27/h2-4H,5-10H2,1H3. The molecule has 4 rings (SSSR count). The van der Waals surface area contributed by atoms with Gasteiger partial charge in [-0.3, -0.25) is 29.4 Å². The first kappa shape index (κ1) is 19.9. The number of anilines is 1. The van der Waals surface area contributed by atoms with Crippen molar-refractivity contribution in [1.82, 2.24) is 20.0 Å². The van der Waals surface area contributed by atoms with Crippen molar-refractivity contribution < 1.29 is 19.3 Å². The van der Waals surface area contributed by atoms with Crippen molar-refractivity contribution in [3.63, 3.8) is 0 Å². The smallest absolute Gasteiger partial charge is 0.282 e. The minimum absolute atomic E-state index is 0.00242. The van der Waals surface area contributed by atoms with Crippen LogP contribution in [0.1, 0.15) is 32.1 Å². The number of nitro benzene ring substituents is 1. The van der Waals surface area contributed by atoms with Gasteiger partial charge in [-0.15, -0.1) is 10.2 Å². The molecule has 0 saturated carbocycles. The molecular weight excluding hydrogens is 412 g/mol. The Hall–Kier alpha value is -3.41. The highest BCUT2D eigenvalue weighted by atomic mass is 32.1. The van der Waals surface area contributed by atoms with Crippen molar-refractivity contribution in [2.45, 2.75) is 13.3 Å². The summed E-state index contributed by atoms with van der Waals surface area (Å²) in [6.45, 7) is 4.03. The Labute approximate surface area is 175 Å². The molecular formula is C18H18N6O5S. The lowest BCUT2D eigenvalue weighted by atomic mass is 10.1. The van der Waals surface area contributed by atoms with Gasteiger partial charge in [-0.05, 0) is 13.0 Å². The van der Waals surface area contributed by atoms with E-state index in [1.807, 2.05) is 6.92 Å². The van der Waals surface area contributed by atoms with Crippen LogP contribution >= 0.6 is 11.3 Å². The largest absolute Gasteiger partial charge is 0.343 e.